The lowest BCUT2D eigenvalue weighted by Gasteiger charge is -2.39. The van der Waals surface area contributed by atoms with E-state index in [0.29, 0.717) is 11.3 Å². The van der Waals surface area contributed by atoms with Crippen LogP contribution in [0.25, 0.3) is 22.3 Å². The Kier molecular flexibility index (Phi) is 10.7. The molecule has 3 atom stereocenters. The molecule has 0 spiro atoms. The van der Waals surface area contributed by atoms with Gasteiger partial charge >= 0.3 is 12.4 Å². The summed E-state index contributed by atoms with van der Waals surface area (Å²) in [7, 11) is 1.54. The van der Waals surface area contributed by atoms with Crippen molar-refractivity contribution in [2.45, 2.75) is 81.2 Å². The first-order chi connectivity index (χ1) is 23.7. The molecule has 1 saturated heterocycles. The molecule has 0 bridgehead atoms. The van der Waals surface area contributed by atoms with Gasteiger partial charge in [0.15, 0.2) is 11.6 Å². The van der Waals surface area contributed by atoms with Gasteiger partial charge in [0.25, 0.3) is 5.56 Å². The van der Waals surface area contributed by atoms with Gasteiger partial charge in [-0.25, -0.2) is 4.98 Å². The number of carbonyl (C=O) groups is 1. The maximum absolute atomic E-state index is 13.9. The van der Waals surface area contributed by atoms with Gasteiger partial charge < -0.3 is 14.6 Å². The fraction of sp³-hybridized carbons (Fsp3) is 0.471. The molecule has 0 saturated carbocycles. The third-order valence-electron chi connectivity index (χ3n) is 8.93. The number of alkyl halides is 6. The maximum Gasteiger partial charge on any atom is 0.412 e. The van der Waals surface area contributed by atoms with Gasteiger partial charge in [-0.15, -0.1) is 4.72 Å². The second kappa shape index (κ2) is 14.2. The topological polar surface area (TPSA) is 128 Å². The highest BCUT2D eigenvalue weighted by molar-refractivity contribution is 7.90. The third kappa shape index (κ3) is 8.59. The quantitative estimate of drug-likeness (QED) is 0.170. The lowest BCUT2D eigenvalue weighted by atomic mass is 9.90. The number of piperidine rings is 1. The van der Waals surface area contributed by atoms with Crippen LogP contribution in [0.2, 0.25) is 0 Å². The molecule has 51 heavy (non-hydrogen) atoms. The number of amides is 1. The van der Waals surface area contributed by atoms with E-state index in [4.69, 9.17) is 0 Å². The van der Waals surface area contributed by atoms with E-state index in [1.807, 2.05) is 0 Å². The number of fused-ring (bicyclic) bond motifs is 1. The largest absolute Gasteiger partial charge is 0.598 e. The number of aromatic nitrogens is 4. The fourth-order valence-corrected chi connectivity index (χ4v) is 6.87. The summed E-state index contributed by atoms with van der Waals surface area (Å²) >= 11 is -2.00. The number of nitrogens with zero attached hydrogens (tertiary/aromatic N) is 5. The Balaban J connectivity index is 1.30. The first-order valence-corrected chi connectivity index (χ1v) is 17.2. The summed E-state index contributed by atoms with van der Waals surface area (Å²) < 4.78 is 99.6. The molecule has 2 aromatic heterocycles. The summed E-state index contributed by atoms with van der Waals surface area (Å²) in [5.41, 5.74) is -1.33. The highest BCUT2D eigenvalue weighted by atomic mass is 32.2. The monoisotopic (exact) mass is 740 g/mol. The van der Waals surface area contributed by atoms with Crippen molar-refractivity contribution in [1.82, 2.24) is 29.0 Å². The zero-order valence-electron chi connectivity index (χ0n) is 28.3. The Morgan fingerprint density at radius 3 is 2.12 bits per heavy atom. The molecule has 10 nitrogen and oxygen atoms in total. The van der Waals surface area contributed by atoms with Gasteiger partial charge in [-0.1, -0.05) is 54.6 Å². The Morgan fingerprint density at radius 1 is 0.961 bits per heavy atom. The van der Waals surface area contributed by atoms with E-state index in [1.54, 1.807) is 33.9 Å². The maximum atomic E-state index is 13.9. The minimum absolute atomic E-state index is 0.00216. The fourth-order valence-electron chi connectivity index (χ4n) is 6.03. The molecule has 1 fully saturated rings. The van der Waals surface area contributed by atoms with Crippen molar-refractivity contribution in [3.05, 3.63) is 82.4 Å². The zero-order valence-corrected chi connectivity index (χ0v) is 29.1. The predicted molar refractivity (Wildman–Crippen MR) is 179 cm³/mol. The summed E-state index contributed by atoms with van der Waals surface area (Å²) in [6.07, 6.45) is -8.90. The highest BCUT2D eigenvalue weighted by Crippen LogP contribution is 2.39. The molecule has 3 heterocycles. The van der Waals surface area contributed by atoms with Crippen molar-refractivity contribution in [2.75, 3.05) is 13.1 Å². The molecule has 1 aliphatic heterocycles. The summed E-state index contributed by atoms with van der Waals surface area (Å²) in [6.45, 7) is 4.42. The number of rotatable bonds is 9. The van der Waals surface area contributed by atoms with Crippen LogP contribution in [0.3, 0.4) is 0 Å². The molecule has 5 rings (SSSR count). The van der Waals surface area contributed by atoms with Crippen LogP contribution < -0.4 is 10.3 Å². The van der Waals surface area contributed by atoms with Crippen LogP contribution in [0.4, 0.5) is 26.3 Å². The molecular weight excluding hydrogens is 702 g/mol. The third-order valence-corrected chi connectivity index (χ3v) is 10.5. The number of benzene rings is 2. The molecule has 1 amide bonds. The van der Waals surface area contributed by atoms with E-state index in [1.165, 1.54) is 69.0 Å². The minimum atomic E-state index is -4.73. The number of aliphatic hydroxyl groups is 1. The summed E-state index contributed by atoms with van der Waals surface area (Å²) in [5.74, 6) is -2.66. The molecule has 0 aliphatic carbocycles. The van der Waals surface area contributed by atoms with Crippen molar-refractivity contribution in [3.8, 4) is 11.3 Å². The molecule has 0 radical (unpaired) electrons. The van der Waals surface area contributed by atoms with E-state index in [0.717, 1.165) is 0 Å². The van der Waals surface area contributed by atoms with Gasteiger partial charge in [0.1, 0.15) is 10.3 Å². The molecular formula is C34H38F6N6O4S. The number of hydrogen-bond donors (Lipinski definition) is 2. The summed E-state index contributed by atoms with van der Waals surface area (Å²) in [6, 6.07) is 10.4. The second-order valence-corrected chi connectivity index (χ2v) is 15.8. The number of hydrogen-bond acceptors (Lipinski definition) is 7. The standard InChI is InChI=1S/C34H38F6N6O4S/c1-31(2,3)51(50)43-29(34(38,39)40)23-12-10-22(11-13-23)28-26-27(42-44(28)4)30(48)46(20-41-26)19-32(49)14-16-45(17-15-32)25(47)18-24(33(35,36)37)21-8-6-5-7-9-21/h5-13,20,24,29,43,49H,14-19H2,1-4H3/t24?,29-,51?/m1/s1. The van der Waals surface area contributed by atoms with Crippen LogP contribution in [0.1, 0.15) is 63.1 Å². The Labute approximate surface area is 292 Å². The molecule has 2 N–H and O–H groups in total. The normalized spacial score (nSPS) is 17.4. The predicted octanol–water partition coefficient (Wildman–Crippen LogP) is 5.54. The summed E-state index contributed by atoms with van der Waals surface area (Å²) in [5, 5.41) is 15.6. The van der Waals surface area contributed by atoms with E-state index < -0.39 is 63.9 Å². The molecule has 17 heteroatoms. The van der Waals surface area contributed by atoms with Crippen molar-refractivity contribution in [1.29, 1.82) is 0 Å². The van der Waals surface area contributed by atoms with Gasteiger partial charge in [0.05, 0.1) is 30.1 Å². The van der Waals surface area contributed by atoms with Crippen LogP contribution in [-0.4, -0.2) is 75.6 Å². The first kappa shape index (κ1) is 38.3. The molecule has 2 aromatic carbocycles. The van der Waals surface area contributed by atoms with Crippen LogP contribution in [0.15, 0.2) is 65.7 Å². The van der Waals surface area contributed by atoms with Crippen molar-refractivity contribution in [3.63, 3.8) is 0 Å². The lowest BCUT2D eigenvalue weighted by Crippen LogP contribution is -2.50. The van der Waals surface area contributed by atoms with E-state index >= 15 is 0 Å². The van der Waals surface area contributed by atoms with Crippen molar-refractivity contribution >= 4 is 28.3 Å². The van der Waals surface area contributed by atoms with Gasteiger partial charge in [-0.3, -0.25) is 18.8 Å². The van der Waals surface area contributed by atoms with Gasteiger partial charge in [0.2, 0.25) is 5.91 Å². The molecule has 4 aromatic rings. The average molecular weight is 741 g/mol. The van der Waals surface area contributed by atoms with Crippen LogP contribution in [-0.2, 0) is 29.7 Å². The number of halogens is 6. The van der Waals surface area contributed by atoms with Crippen LogP contribution >= 0.6 is 0 Å². The van der Waals surface area contributed by atoms with Crippen LogP contribution in [0.5, 0.6) is 0 Å². The SMILES string of the molecule is Cn1nc2c(=O)n(CC3(O)CCN(C(=O)CC(c4ccccc4)C(F)(F)F)CC3)cnc2c1-c1ccc([C@@H](N[S+]([O-])C(C)(C)C)C(F)(F)F)cc1. The van der Waals surface area contributed by atoms with Gasteiger partial charge in [0, 0.05) is 43.5 Å². The average Bonchev–Trinajstić information content (AvgIpc) is 3.39. The number of aryl methyl sites for hydroxylation is 1. The highest BCUT2D eigenvalue weighted by Gasteiger charge is 2.46. The van der Waals surface area contributed by atoms with Crippen molar-refractivity contribution in [2.24, 2.45) is 7.05 Å². The second-order valence-electron chi connectivity index (χ2n) is 13.8. The van der Waals surface area contributed by atoms with Crippen molar-refractivity contribution < 1.29 is 40.8 Å². The molecule has 2 unspecified atom stereocenters. The smallest absolute Gasteiger partial charge is 0.412 e. The van der Waals surface area contributed by atoms with Crippen LogP contribution in [0, 0.1) is 0 Å². The van der Waals surface area contributed by atoms with Gasteiger partial charge in [-0.05, 0) is 44.7 Å². The summed E-state index contributed by atoms with van der Waals surface area (Å²) in [4.78, 5) is 32.1. The Hall–Kier alpha value is -3.93. The lowest BCUT2D eigenvalue weighted by molar-refractivity contribution is -0.162. The molecule has 276 valence electrons. The first-order valence-electron chi connectivity index (χ1n) is 16.1. The zero-order chi connectivity index (χ0) is 37.5. The van der Waals surface area contributed by atoms with Gasteiger partial charge in [-0.2, -0.15) is 31.4 Å². The Bertz CT molecular complexity index is 1900. The van der Waals surface area contributed by atoms with E-state index in [9.17, 15) is 45.6 Å². The molecule has 1 aliphatic rings. The van der Waals surface area contributed by atoms with E-state index in [2.05, 4.69) is 14.8 Å². The number of nitrogens with one attached hydrogen (secondary N) is 1. The minimum Gasteiger partial charge on any atom is -0.598 e. The number of likely N-dealkylation sites (tertiary alicyclic amines) is 1. The Morgan fingerprint density at radius 2 is 1.57 bits per heavy atom. The van der Waals surface area contributed by atoms with E-state index in [-0.39, 0.29) is 54.6 Å². The number of carbonyl (C=O) groups excluding carboxylic acids is 1.